The number of fused-ring (bicyclic) bond motifs is 1. The minimum Gasteiger partial charge on any atom is -0.467 e. The van der Waals surface area contributed by atoms with E-state index in [2.05, 4.69) is 16.8 Å². The van der Waals surface area contributed by atoms with Crippen molar-refractivity contribution in [1.82, 2.24) is 19.0 Å². The Morgan fingerprint density at radius 2 is 1.84 bits per heavy atom. The van der Waals surface area contributed by atoms with Crippen LogP contribution in [0.3, 0.4) is 0 Å². The molecule has 0 bridgehead atoms. The molecule has 0 saturated carbocycles. The largest absolute Gasteiger partial charge is 0.467 e. The lowest BCUT2D eigenvalue weighted by Crippen LogP contribution is -2.45. The number of hydrogen-bond acceptors (Lipinski definition) is 7. The molecule has 3 atom stereocenters. The van der Waals surface area contributed by atoms with Crippen molar-refractivity contribution in [1.29, 1.82) is 0 Å². The average molecular weight is 489 g/mol. The zero-order valence-electron chi connectivity index (χ0n) is 19.1. The number of carbonyl (C=O) groups excluding carboxylic acids is 2. The summed E-state index contributed by atoms with van der Waals surface area (Å²) in [6, 6.07) is 0.754. The molecule has 4 heterocycles. The standard InChI is InChI=1S/C21H32N4O5S.ClH/c1-14(2)18-19-16(25(21(18)27)31(4,28)29)5-7-24(19)20(26)15-6-12-30-17(15)13-23-10-8-22(3)9-11-23;/h6,12,14,16,18-19H,5,7-11,13H2,1-4H3;1H/t16-,18+,19-;/m0./s1. The first-order valence-electron chi connectivity index (χ1n) is 10.9. The number of sulfonamides is 1. The van der Waals surface area contributed by atoms with Crippen LogP contribution in [-0.4, -0.2) is 97.3 Å². The van der Waals surface area contributed by atoms with Crippen molar-refractivity contribution in [3.63, 3.8) is 0 Å². The Hall–Kier alpha value is -1.62. The molecule has 3 saturated heterocycles. The zero-order valence-corrected chi connectivity index (χ0v) is 20.7. The fourth-order valence-corrected chi connectivity index (χ4v) is 6.46. The fourth-order valence-electron chi connectivity index (χ4n) is 5.29. The summed E-state index contributed by atoms with van der Waals surface area (Å²) in [6.45, 7) is 8.56. The maximum absolute atomic E-state index is 13.6. The molecule has 3 aliphatic heterocycles. The third kappa shape index (κ3) is 4.42. The van der Waals surface area contributed by atoms with Crippen LogP contribution in [0.15, 0.2) is 16.7 Å². The van der Waals surface area contributed by atoms with Crippen molar-refractivity contribution in [2.45, 2.75) is 38.9 Å². The lowest BCUT2D eigenvalue weighted by Gasteiger charge is -2.32. The third-order valence-electron chi connectivity index (χ3n) is 6.87. The van der Waals surface area contributed by atoms with Gasteiger partial charge in [-0.15, -0.1) is 12.4 Å². The number of halogens is 1. The highest BCUT2D eigenvalue weighted by molar-refractivity contribution is 7.88. The number of amides is 2. The summed E-state index contributed by atoms with van der Waals surface area (Å²) in [6.07, 6.45) is 3.07. The number of carbonyl (C=O) groups is 2. The molecule has 0 spiro atoms. The highest BCUT2D eigenvalue weighted by Crippen LogP contribution is 2.42. The number of nitrogens with zero attached hydrogens (tertiary/aromatic N) is 4. The molecular formula is C21H33ClN4O5S. The van der Waals surface area contributed by atoms with E-state index in [1.54, 1.807) is 11.0 Å². The number of rotatable bonds is 5. The van der Waals surface area contributed by atoms with E-state index < -0.39 is 33.9 Å². The van der Waals surface area contributed by atoms with Gasteiger partial charge in [0.05, 0.1) is 42.6 Å². The van der Waals surface area contributed by atoms with Crippen LogP contribution in [0.4, 0.5) is 0 Å². The van der Waals surface area contributed by atoms with Gasteiger partial charge in [0, 0.05) is 32.7 Å². The van der Waals surface area contributed by atoms with Gasteiger partial charge in [0.15, 0.2) is 0 Å². The third-order valence-corrected chi connectivity index (χ3v) is 8.03. The van der Waals surface area contributed by atoms with Crippen LogP contribution in [0.2, 0.25) is 0 Å². The normalized spacial score (nSPS) is 27.2. The first kappa shape index (κ1) is 25.0. The lowest BCUT2D eigenvalue weighted by atomic mass is 9.88. The van der Waals surface area contributed by atoms with Crippen LogP contribution in [0.1, 0.15) is 36.4 Å². The molecule has 0 aliphatic carbocycles. The van der Waals surface area contributed by atoms with Gasteiger partial charge in [0.25, 0.3) is 5.91 Å². The molecule has 0 N–H and O–H groups in total. The number of piperazine rings is 1. The monoisotopic (exact) mass is 488 g/mol. The molecule has 2 amide bonds. The Balaban J connectivity index is 0.00000289. The molecule has 3 aliphatic rings. The van der Waals surface area contributed by atoms with E-state index in [0.717, 1.165) is 36.7 Å². The second-order valence-corrected chi connectivity index (χ2v) is 11.2. The Labute approximate surface area is 196 Å². The Morgan fingerprint density at radius 1 is 1.19 bits per heavy atom. The topological polar surface area (TPSA) is 94.4 Å². The van der Waals surface area contributed by atoms with Crippen LogP contribution in [0.25, 0.3) is 0 Å². The summed E-state index contributed by atoms with van der Waals surface area (Å²) in [5.41, 5.74) is 0.507. The predicted octanol–water partition coefficient (Wildman–Crippen LogP) is 1.11. The summed E-state index contributed by atoms with van der Waals surface area (Å²) in [5.74, 6) is -0.550. The Kier molecular flexibility index (Phi) is 7.29. The predicted molar refractivity (Wildman–Crippen MR) is 122 cm³/mol. The molecule has 180 valence electrons. The van der Waals surface area contributed by atoms with E-state index in [9.17, 15) is 18.0 Å². The number of likely N-dealkylation sites (tertiary alicyclic amines) is 1. The Bertz CT molecular complexity index is 957. The van der Waals surface area contributed by atoms with Gasteiger partial charge in [-0.05, 0) is 25.5 Å². The van der Waals surface area contributed by atoms with Gasteiger partial charge in [0.2, 0.25) is 15.9 Å². The molecule has 9 nitrogen and oxygen atoms in total. The highest BCUT2D eigenvalue weighted by Gasteiger charge is 2.58. The molecule has 32 heavy (non-hydrogen) atoms. The summed E-state index contributed by atoms with van der Waals surface area (Å²) < 4.78 is 31.4. The van der Waals surface area contributed by atoms with E-state index in [4.69, 9.17) is 4.42 Å². The SMILES string of the molecule is CC(C)[C@H]1C(=O)N(S(C)(=O)=O)[C@H]2CCN(C(=O)c3ccoc3CN3CCN(C)CC3)[C@H]12.Cl. The second-order valence-electron chi connectivity index (χ2n) is 9.35. The van der Waals surface area contributed by atoms with Crippen LogP contribution in [0, 0.1) is 11.8 Å². The molecular weight excluding hydrogens is 456 g/mol. The van der Waals surface area contributed by atoms with Gasteiger partial charge in [-0.1, -0.05) is 13.8 Å². The first-order valence-corrected chi connectivity index (χ1v) is 12.8. The van der Waals surface area contributed by atoms with Crippen molar-refractivity contribution in [2.24, 2.45) is 11.8 Å². The van der Waals surface area contributed by atoms with E-state index in [1.165, 1.54) is 6.26 Å². The van der Waals surface area contributed by atoms with E-state index in [-0.39, 0.29) is 24.2 Å². The van der Waals surface area contributed by atoms with Gasteiger partial charge < -0.3 is 14.2 Å². The summed E-state index contributed by atoms with van der Waals surface area (Å²) in [4.78, 5) is 32.8. The molecule has 11 heteroatoms. The van der Waals surface area contributed by atoms with E-state index in [0.29, 0.717) is 30.8 Å². The number of hydrogen-bond donors (Lipinski definition) is 0. The maximum Gasteiger partial charge on any atom is 0.257 e. The highest BCUT2D eigenvalue weighted by atomic mass is 35.5. The van der Waals surface area contributed by atoms with Gasteiger partial charge in [-0.3, -0.25) is 14.5 Å². The molecule has 0 radical (unpaired) electrons. The first-order chi connectivity index (χ1) is 14.6. The lowest BCUT2D eigenvalue weighted by molar-refractivity contribution is -0.129. The van der Waals surface area contributed by atoms with Crippen molar-refractivity contribution >= 4 is 34.2 Å². The molecule has 1 aromatic rings. The summed E-state index contributed by atoms with van der Waals surface area (Å²) in [5, 5.41) is 0. The quantitative estimate of drug-likeness (QED) is 0.612. The van der Waals surface area contributed by atoms with Gasteiger partial charge >= 0.3 is 0 Å². The van der Waals surface area contributed by atoms with Gasteiger partial charge in [-0.2, -0.15) is 0 Å². The maximum atomic E-state index is 13.6. The molecule has 1 aromatic heterocycles. The van der Waals surface area contributed by atoms with Crippen LogP contribution in [0.5, 0.6) is 0 Å². The molecule has 0 aromatic carbocycles. The number of likely N-dealkylation sites (N-methyl/N-ethyl adjacent to an activating group) is 1. The second kappa shape index (κ2) is 9.32. The van der Waals surface area contributed by atoms with Crippen molar-refractivity contribution < 1.29 is 22.4 Å². The average Bonchev–Trinajstić information content (AvgIpc) is 3.36. The van der Waals surface area contributed by atoms with Crippen molar-refractivity contribution in [2.75, 3.05) is 46.0 Å². The Morgan fingerprint density at radius 3 is 2.44 bits per heavy atom. The van der Waals surface area contributed by atoms with Crippen LogP contribution >= 0.6 is 12.4 Å². The number of furan rings is 1. The van der Waals surface area contributed by atoms with Gasteiger partial charge in [0.1, 0.15) is 5.76 Å². The molecule has 4 rings (SSSR count). The molecule has 0 unspecified atom stereocenters. The van der Waals surface area contributed by atoms with E-state index >= 15 is 0 Å². The summed E-state index contributed by atoms with van der Waals surface area (Å²) in [7, 11) is -1.60. The smallest absolute Gasteiger partial charge is 0.257 e. The van der Waals surface area contributed by atoms with Crippen LogP contribution in [-0.2, 0) is 21.4 Å². The van der Waals surface area contributed by atoms with E-state index in [1.807, 2.05) is 13.8 Å². The zero-order chi connectivity index (χ0) is 22.5. The van der Waals surface area contributed by atoms with Crippen molar-refractivity contribution in [3.05, 3.63) is 23.7 Å². The minimum atomic E-state index is -3.69. The molecule has 3 fully saturated rings. The van der Waals surface area contributed by atoms with Gasteiger partial charge in [-0.25, -0.2) is 12.7 Å². The fraction of sp³-hybridized carbons (Fsp3) is 0.714. The van der Waals surface area contributed by atoms with Crippen molar-refractivity contribution in [3.8, 4) is 0 Å². The van der Waals surface area contributed by atoms with Crippen LogP contribution < -0.4 is 0 Å². The summed E-state index contributed by atoms with van der Waals surface area (Å²) >= 11 is 0. The minimum absolute atomic E-state index is 0.